The van der Waals surface area contributed by atoms with E-state index < -0.39 is 0 Å². The number of rotatable bonds is 4. The number of piperidine rings is 1. The van der Waals surface area contributed by atoms with E-state index in [0.29, 0.717) is 17.2 Å². The lowest BCUT2D eigenvalue weighted by Crippen LogP contribution is -3.00. The van der Waals surface area contributed by atoms with Gasteiger partial charge in [-0.1, -0.05) is 0 Å². The molecular weight excluding hydrogens is 440 g/mol. The molecule has 0 bridgehead atoms. The minimum absolute atomic E-state index is 0. The molecule has 2 aliphatic heterocycles. The molecule has 33 heavy (non-hydrogen) atoms. The van der Waals surface area contributed by atoms with E-state index >= 15 is 0 Å². The molecule has 1 saturated carbocycles. The van der Waals surface area contributed by atoms with Crippen molar-refractivity contribution in [3.05, 3.63) is 59.0 Å². The van der Waals surface area contributed by atoms with Crippen LogP contribution < -0.4 is 33.5 Å². The lowest BCUT2D eigenvalue weighted by atomic mass is 9.91. The van der Waals surface area contributed by atoms with Crippen LogP contribution in [0.1, 0.15) is 58.3 Å². The third kappa shape index (κ3) is 3.89. The Morgan fingerprint density at radius 1 is 1.21 bits per heavy atom. The molecule has 2 fully saturated rings. The number of hydrogen-bond donors (Lipinski definition) is 4. The number of carbonyl (C=O) groups is 2. The number of hydrazone groups is 1. The summed E-state index contributed by atoms with van der Waals surface area (Å²) >= 11 is 0. The molecule has 8 nitrogen and oxygen atoms in total. The van der Waals surface area contributed by atoms with E-state index in [-0.39, 0.29) is 36.1 Å². The number of nitrogens with one attached hydrogen (secondary N) is 5. The lowest BCUT2D eigenvalue weighted by molar-refractivity contribution is -0.378. The van der Waals surface area contributed by atoms with Gasteiger partial charge in [0, 0.05) is 57.2 Å². The second-order valence-electron chi connectivity index (χ2n) is 8.90. The van der Waals surface area contributed by atoms with E-state index in [1.165, 1.54) is 0 Å². The van der Waals surface area contributed by atoms with Crippen molar-refractivity contribution >= 4 is 34.6 Å². The Morgan fingerprint density at radius 2 is 2.06 bits per heavy atom. The average molecular weight is 465 g/mol. The van der Waals surface area contributed by atoms with Crippen molar-refractivity contribution < 1.29 is 27.0 Å². The molecular formula is C24H25ClN6O2. The van der Waals surface area contributed by atoms with E-state index in [1.807, 2.05) is 30.6 Å². The van der Waals surface area contributed by atoms with Gasteiger partial charge in [0.15, 0.2) is 12.4 Å². The maximum atomic E-state index is 12.9. The number of aromatic amines is 2. The number of hydrogen-bond acceptors (Lipinski definition) is 4. The third-order valence-corrected chi connectivity index (χ3v) is 6.87. The van der Waals surface area contributed by atoms with E-state index in [1.54, 1.807) is 12.3 Å². The minimum atomic E-state index is -0.263. The van der Waals surface area contributed by atoms with Crippen molar-refractivity contribution in [2.45, 2.75) is 31.1 Å². The minimum Gasteiger partial charge on any atom is -1.00 e. The molecule has 3 aliphatic rings. The maximum absolute atomic E-state index is 12.9. The van der Waals surface area contributed by atoms with Crippen LogP contribution in [0.3, 0.4) is 0 Å². The molecule has 170 valence electrons. The smallest absolute Gasteiger partial charge is 0.272 e. The number of halogens is 1. The summed E-state index contributed by atoms with van der Waals surface area (Å²) in [7, 11) is 0. The summed E-state index contributed by atoms with van der Waals surface area (Å²) in [5, 5.41) is 11.5. The van der Waals surface area contributed by atoms with E-state index in [4.69, 9.17) is 0 Å². The van der Waals surface area contributed by atoms with Gasteiger partial charge in [-0.3, -0.25) is 9.59 Å². The predicted molar refractivity (Wildman–Crippen MR) is 121 cm³/mol. The van der Waals surface area contributed by atoms with Crippen molar-refractivity contribution in [3.63, 3.8) is 0 Å². The zero-order chi connectivity index (χ0) is 21.7. The number of benzene rings is 1. The van der Waals surface area contributed by atoms with E-state index in [2.05, 4.69) is 31.1 Å². The Hall–Kier alpha value is -3.23. The molecule has 5 N–H and O–H groups in total. The van der Waals surface area contributed by atoms with Gasteiger partial charge in [-0.25, -0.2) is 10.4 Å². The van der Waals surface area contributed by atoms with Crippen LogP contribution in [-0.2, 0) is 4.79 Å². The van der Waals surface area contributed by atoms with Gasteiger partial charge >= 0.3 is 0 Å². The van der Waals surface area contributed by atoms with Crippen molar-refractivity contribution in [2.75, 3.05) is 18.4 Å². The molecule has 6 rings (SSSR count). The van der Waals surface area contributed by atoms with Crippen molar-refractivity contribution in [2.24, 2.45) is 11.0 Å². The molecule has 1 aliphatic carbocycles. The molecule has 4 heterocycles. The molecule has 1 saturated heterocycles. The first-order chi connectivity index (χ1) is 15.7. The van der Waals surface area contributed by atoms with Gasteiger partial charge in [-0.2, -0.15) is 5.10 Å². The Bertz CT molecular complexity index is 1250. The average Bonchev–Trinajstić information content (AvgIpc) is 3.57. The topological polar surface area (TPSA) is 113 Å². The fourth-order valence-corrected chi connectivity index (χ4v) is 5.14. The van der Waals surface area contributed by atoms with Gasteiger partial charge in [0.2, 0.25) is 5.91 Å². The molecule has 3 aromatic rings. The standard InChI is InChI=1S/C24H24N6O2.ClH/c31-23(17-10-16(17)14-2-1-5-26-11-14)28-15-8-18-21-19(12-27-30-24(18)32)22(29-20(21)9-15)13-3-6-25-7-4-13;/h1-2,5,8-9,11-13,16-17,25,29H,3-4,6-7,10H2,(H,28,31)(H,30,32);1H. The van der Waals surface area contributed by atoms with Gasteiger partial charge in [0.25, 0.3) is 5.91 Å². The summed E-state index contributed by atoms with van der Waals surface area (Å²) < 4.78 is 0. The van der Waals surface area contributed by atoms with Gasteiger partial charge < -0.3 is 28.0 Å². The molecule has 9 heteroatoms. The zero-order valence-electron chi connectivity index (χ0n) is 18.0. The summed E-state index contributed by atoms with van der Waals surface area (Å²) in [5.74, 6) is 0.293. The number of pyridine rings is 1. The molecule has 2 atom stereocenters. The van der Waals surface area contributed by atoms with E-state index in [9.17, 15) is 9.59 Å². The highest BCUT2D eigenvalue weighted by Gasteiger charge is 2.44. The number of carbonyl (C=O) groups excluding carboxylic acids is 2. The molecule has 1 aromatic carbocycles. The summed E-state index contributed by atoms with van der Waals surface area (Å²) in [6.07, 6.45) is 8.46. The Morgan fingerprint density at radius 3 is 2.85 bits per heavy atom. The van der Waals surface area contributed by atoms with Crippen LogP contribution in [0.15, 0.2) is 41.8 Å². The fraction of sp³-hybridized carbons (Fsp3) is 0.333. The fourth-order valence-electron chi connectivity index (χ4n) is 5.14. The third-order valence-electron chi connectivity index (χ3n) is 6.87. The van der Waals surface area contributed by atoms with Crippen molar-refractivity contribution in [3.8, 4) is 0 Å². The van der Waals surface area contributed by atoms with E-state index in [0.717, 1.165) is 60.1 Å². The molecule has 0 spiro atoms. The number of H-pyrrole nitrogens is 2. The van der Waals surface area contributed by atoms with Crippen molar-refractivity contribution in [1.29, 1.82) is 0 Å². The van der Waals surface area contributed by atoms with Crippen LogP contribution in [0.2, 0.25) is 0 Å². The van der Waals surface area contributed by atoms with Crippen LogP contribution in [0.4, 0.5) is 5.69 Å². The first kappa shape index (κ1) is 21.6. The number of anilines is 1. The molecule has 2 aromatic heterocycles. The monoisotopic (exact) mass is 464 g/mol. The maximum Gasteiger partial charge on any atom is 0.272 e. The van der Waals surface area contributed by atoms with Gasteiger partial charge in [-0.15, -0.1) is 0 Å². The summed E-state index contributed by atoms with van der Waals surface area (Å²) in [4.78, 5) is 32.3. The zero-order valence-corrected chi connectivity index (χ0v) is 18.7. The van der Waals surface area contributed by atoms with Gasteiger partial charge in [-0.05, 0) is 50.6 Å². The Kier molecular flexibility index (Phi) is 5.64. The Balaban J connectivity index is 0.00000228. The quantitative estimate of drug-likeness (QED) is 0.408. The SMILES string of the molecule is O=C1NN=Cc2c(C3CCNCC3)[nH]c3cc(NC(=O)C4CC4c4ccc[nH+]c4)cc1c23.[Cl-]. The first-order valence-corrected chi connectivity index (χ1v) is 11.2. The number of amides is 2. The summed E-state index contributed by atoms with van der Waals surface area (Å²) in [6.45, 7) is 1.95. The number of nitrogens with zero attached hydrogens (tertiary/aromatic N) is 1. The summed E-state index contributed by atoms with van der Waals surface area (Å²) in [5.41, 5.74) is 7.86. The first-order valence-electron chi connectivity index (χ1n) is 11.2. The lowest BCUT2D eigenvalue weighted by Gasteiger charge is -2.22. The predicted octanol–water partition coefficient (Wildman–Crippen LogP) is -0.727. The van der Waals surface area contributed by atoms with Crippen molar-refractivity contribution in [1.82, 2.24) is 15.7 Å². The van der Waals surface area contributed by atoms with Crippen LogP contribution >= 0.6 is 0 Å². The van der Waals surface area contributed by atoms with Crippen LogP contribution in [0.5, 0.6) is 0 Å². The Labute approximate surface area is 197 Å². The summed E-state index contributed by atoms with van der Waals surface area (Å²) in [6, 6.07) is 7.70. The van der Waals surface area contributed by atoms with Crippen LogP contribution in [-0.4, -0.2) is 36.1 Å². The van der Waals surface area contributed by atoms with Gasteiger partial charge in [0.1, 0.15) is 0 Å². The van der Waals surface area contributed by atoms with Crippen LogP contribution in [0.25, 0.3) is 10.9 Å². The highest BCUT2D eigenvalue weighted by Crippen LogP contribution is 2.47. The second-order valence-corrected chi connectivity index (χ2v) is 8.90. The molecule has 2 amide bonds. The highest BCUT2D eigenvalue weighted by atomic mass is 35.5. The van der Waals surface area contributed by atoms with Crippen LogP contribution in [0, 0.1) is 5.92 Å². The largest absolute Gasteiger partial charge is 1.00 e. The molecule has 2 unspecified atom stereocenters. The van der Waals surface area contributed by atoms with Gasteiger partial charge in [0.05, 0.1) is 11.8 Å². The normalized spacial score (nSPS) is 21.8. The molecule has 0 radical (unpaired) electrons. The highest BCUT2D eigenvalue weighted by molar-refractivity contribution is 6.16. The number of aromatic nitrogens is 2. The second kappa shape index (κ2) is 8.61.